The van der Waals surface area contributed by atoms with Crippen molar-refractivity contribution < 1.29 is 4.79 Å². The van der Waals surface area contributed by atoms with Crippen LogP contribution in [-0.4, -0.2) is 36.5 Å². The van der Waals surface area contributed by atoms with E-state index in [-0.39, 0.29) is 11.9 Å². The van der Waals surface area contributed by atoms with E-state index in [1.54, 1.807) is 10.9 Å². The summed E-state index contributed by atoms with van der Waals surface area (Å²) in [6.45, 7) is 2.65. The highest BCUT2D eigenvalue weighted by molar-refractivity contribution is 5.83. The molecule has 0 spiro atoms. The van der Waals surface area contributed by atoms with Gasteiger partial charge in [-0.3, -0.25) is 9.48 Å². The van der Waals surface area contributed by atoms with Crippen LogP contribution in [0.15, 0.2) is 48.8 Å². The molecule has 0 saturated heterocycles. The number of fused-ring (bicyclic) bond motifs is 1. The lowest BCUT2D eigenvalue weighted by Crippen LogP contribution is -2.44. The molecule has 1 aliphatic heterocycles. The Morgan fingerprint density at radius 2 is 2.08 bits per heavy atom. The molecular formula is C18H20N6O. The highest BCUT2D eigenvalue weighted by atomic mass is 16.2. The Bertz CT molecular complexity index is 855. The molecule has 1 aliphatic rings. The third-order valence-electron chi connectivity index (χ3n) is 4.63. The van der Waals surface area contributed by atoms with E-state index in [9.17, 15) is 4.79 Å². The fourth-order valence-corrected chi connectivity index (χ4v) is 3.35. The molecule has 25 heavy (non-hydrogen) atoms. The summed E-state index contributed by atoms with van der Waals surface area (Å²) in [5, 5.41) is 15.8. The second-order valence-electron chi connectivity index (χ2n) is 6.32. The summed E-state index contributed by atoms with van der Waals surface area (Å²) in [4.78, 5) is 13.0. The zero-order valence-electron chi connectivity index (χ0n) is 14.0. The van der Waals surface area contributed by atoms with Crippen LogP contribution in [0, 0.1) is 6.92 Å². The van der Waals surface area contributed by atoms with Crippen LogP contribution in [0.2, 0.25) is 0 Å². The molecule has 3 aromatic rings. The first-order valence-electron chi connectivity index (χ1n) is 8.45. The highest BCUT2D eigenvalue weighted by Crippen LogP contribution is 2.20. The Hall–Kier alpha value is -2.96. The number of hydrogen-bond donors (Lipinski definition) is 1. The minimum Gasteiger partial charge on any atom is -0.349 e. The van der Waals surface area contributed by atoms with E-state index in [0.717, 1.165) is 30.1 Å². The molecule has 1 aromatic carbocycles. The summed E-state index contributed by atoms with van der Waals surface area (Å²) >= 11 is 0. The maximum atomic E-state index is 13.0. The van der Waals surface area contributed by atoms with Crippen molar-refractivity contribution in [3.63, 3.8) is 0 Å². The standard InChI is InChI=1S/C18H20N6O/c1-13-21-22-16-9-8-15(12-23(13)16)20-18(25)17(24-11-5-10-19-24)14-6-3-2-4-7-14/h2-7,10-11,15,17H,8-9,12H2,1H3,(H,20,25)/t15-,17-/m1/s1. The average molecular weight is 336 g/mol. The predicted molar refractivity (Wildman–Crippen MR) is 91.8 cm³/mol. The summed E-state index contributed by atoms with van der Waals surface area (Å²) in [6, 6.07) is 11.1. The lowest BCUT2D eigenvalue weighted by molar-refractivity contribution is -0.124. The smallest absolute Gasteiger partial charge is 0.249 e. The number of nitrogens with one attached hydrogen (secondary N) is 1. The largest absolute Gasteiger partial charge is 0.349 e. The van der Waals surface area contributed by atoms with Crippen molar-refractivity contribution in [2.75, 3.05) is 0 Å². The Morgan fingerprint density at radius 1 is 1.24 bits per heavy atom. The van der Waals surface area contributed by atoms with Crippen LogP contribution < -0.4 is 5.32 Å². The summed E-state index contributed by atoms with van der Waals surface area (Å²) in [5.41, 5.74) is 0.917. The number of benzene rings is 1. The fourth-order valence-electron chi connectivity index (χ4n) is 3.35. The average Bonchev–Trinajstić information content (AvgIpc) is 3.27. The van der Waals surface area contributed by atoms with E-state index in [1.807, 2.05) is 49.5 Å². The zero-order chi connectivity index (χ0) is 17.2. The van der Waals surface area contributed by atoms with Crippen LogP contribution in [0.4, 0.5) is 0 Å². The first-order valence-corrected chi connectivity index (χ1v) is 8.45. The van der Waals surface area contributed by atoms with Crippen molar-refractivity contribution in [3.05, 3.63) is 66.0 Å². The lowest BCUT2D eigenvalue weighted by Gasteiger charge is -2.27. The third-order valence-corrected chi connectivity index (χ3v) is 4.63. The molecular weight excluding hydrogens is 316 g/mol. The fraction of sp³-hybridized carbons (Fsp3) is 0.333. The maximum absolute atomic E-state index is 13.0. The quantitative estimate of drug-likeness (QED) is 0.783. The lowest BCUT2D eigenvalue weighted by atomic mass is 10.0. The predicted octanol–water partition coefficient (Wildman–Crippen LogP) is 1.50. The van der Waals surface area contributed by atoms with Gasteiger partial charge in [0, 0.05) is 31.4 Å². The van der Waals surface area contributed by atoms with Gasteiger partial charge in [0.1, 0.15) is 11.6 Å². The Kier molecular flexibility index (Phi) is 4.05. The van der Waals surface area contributed by atoms with Crippen molar-refractivity contribution >= 4 is 5.91 Å². The molecule has 1 amide bonds. The van der Waals surface area contributed by atoms with Crippen LogP contribution in [0.5, 0.6) is 0 Å². The number of carbonyl (C=O) groups is 1. The van der Waals surface area contributed by atoms with Crippen molar-refractivity contribution in [2.24, 2.45) is 0 Å². The van der Waals surface area contributed by atoms with Gasteiger partial charge in [0.15, 0.2) is 6.04 Å². The topological polar surface area (TPSA) is 77.6 Å². The molecule has 7 heteroatoms. The normalized spacial score (nSPS) is 17.7. The molecule has 0 saturated carbocycles. The molecule has 3 heterocycles. The summed E-state index contributed by atoms with van der Waals surface area (Å²) < 4.78 is 3.78. The van der Waals surface area contributed by atoms with Gasteiger partial charge in [0.25, 0.3) is 0 Å². The van der Waals surface area contributed by atoms with Crippen molar-refractivity contribution in [1.82, 2.24) is 29.9 Å². The monoisotopic (exact) mass is 336 g/mol. The number of carbonyl (C=O) groups excluding carboxylic acids is 1. The van der Waals surface area contributed by atoms with Crippen LogP contribution in [0.1, 0.15) is 29.7 Å². The third kappa shape index (κ3) is 3.05. The first-order chi connectivity index (χ1) is 12.2. The zero-order valence-corrected chi connectivity index (χ0v) is 14.0. The number of aromatic nitrogens is 5. The van der Waals surface area contributed by atoms with Gasteiger partial charge in [-0.1, -0.05) is 30.3 Å². The number of hydrogen-bond acceptors (Lipinski definition) is 4. The van der Waals surface area contributed by atoms with E-state index in [0.29, 0.717) is 6.54 Å². The SMILES string of the molecule is Cc1nnc2n1C[C@H](NC(=O)[C@@H](c1ccccc1)n1cccn1)CC2. The molecule has 0 radical (unpaired) electrons. The molecule has 1 N–H and O–H groups in total. The van der Waals surface area contributed by atoms with E-state index in [4.69, 9.17) is 0 Å². The summed E-state index contributed by atoms with van der Waals surface area (Å²) in [5.74, 6) is 1.84. The molecule has 0 aliphatic carbocycles. The molecule has 0 fully saturated rings. The number of rotatable bonds is 4. The van der Waals surface area contributed by atoms with Crippen molar-refractivity contribution in [3.8, 4) is 0 Å². The van der Waals surface area contributed by atoms with Gasteiger partial charge in [-0.25, -0.2) is 0 Å². The Balaban J connectivity index is 1.55. The van der Waals surface area contributed by atoms with Gasteiger partial charge < -0.3 is 9.88 Å². The number of aryl methyl sites for hydroxylation is 2. The van der Waals surface area contributed by atoms with Gasteiger partial charge >= 0.3 is 0 Å². The molecule has 2 aromatic heterocycles. The molecule has 128 valence electrons. The molecule has 2 atom stereocenters. The molecule has 4 rings (SSSR count). The van der Waals surface area contributed by atoms with Crippen molar-refractivity contribution in [1.29, 1.82) is 0 Å². The molecule has 7 nitrogen and oxygen atoms in total. The second kappa shape index (κ2) is 6.51. The highest BCUT2D eigenvalue weighted by Gasteiger charge is 2.28. The molecule has 0 bridgehead atoms. The van der Waals surface area contributed by atoms with Crippen LogP contribution in [-0.2, 0) is 17.8 Å². The van der Waals surface area contributed by atoms with Crippen LogP contribution in [0.3, 0.4) is 0 Å². The van der Waals surface area contributed by atoms with Gasteiger partial charge in [-0.2, -0.15) is 5.10 Å². The molecule has 0 unspecified atom stereocenters. The number of nitrogens with zero attached hydrogens (tertiary/aromatic N) is 5. The minimum absolute atomic E-state index is 0.0472. The minimum atomic E-state index is -0.473. The van der Waals surface area contributed by atoms with Crippen molar-refractivity contribution in [2.45, 2.75) is 38.4 Å². The van der Waals surface area contributed by atoms with Crippen LogP contribution in [0.25, 0.3) is 0 Å². The second-order valence-corrected chi connectivity index (χ2v) is 6.32. The van der Waals surface area contributed by atoms with E-state index < -0.39 is 6.04 Å². The van der Waals surface area contributed by atoms with Crippen LogP contribution >= 0.6 is 0 Å². The van der Waals surface area contributed by atoms with Gasteiger partial charge in [0.05, 0.1) is 0 Å². The van der Waals surface area contributed by atoms with Gasteiger partial charge in [0.2, 0.25) is 5.91 Å². The van der Waals surface area contributed by atoms with Gasteiger partial charge in [-0.15, -0.1) is 10.2 Å². The van der Waals surface area contributed by atoms with E-state index in [1.165, 1.54) is 0 Å². The number of amides is 1. The first kappa shape index (κ1) is 15.6. The Morgan fingerprint density at radius 3 is 2.84 bits per heavy atom. The Labute approximate surface area is 145 Å². The van der Waals surface area contributed by atoms with E-state index >= 15 is 0 Å². The van der Waals surface area contributed by atoms with E-state index in [2.05, 4.69) is 25.2 Å². The maximum Gasteiger partial charge on any atom is 0.249 e. The summed E-state index contributed by atoms with van der Waals surface area (Å²) in [7, 11) is 0. The van der Waals surface area contributed by atoms with Gasteiger partial charge in [-0.05, 0) is 25.0 Å². The summed E-state index contributed by atoms with van der Waals surface area (Å²) in [6.07, 6.45) is 5.20.